The summed E-state index contributed by atoms with van der Waals surface area (Å²) >= 11 is 0. The van der Waals surface area contributed by atoms with E-state index < -0.39 is 0 Å². The predicted molar refractivity (Wildman–Crippen MR) is 113 cm³/mol. The number of aromatic nitrogens is 1. The SMILES string of the molecule is COc1ccc(NC(=O)N(Cc2ccc(C)cc2)Cc2cccnc2)c(OC)c1. The van der Waals surface area contributed by atoms with E-state index in [0.717, 1.165) is 11.1 Å². The number of nitrogens with one attached hydrogen (secondary N) is 1. The molecule has 1 heterocycles. The Morgan fingerprint density at radius 1 is 1.00 bits per heavy atom. The minimum Gasteiger partial charge on any atom is -0.497 e. The molecule has 0 saturated carbocycles. The van der Waals surface area contributed by atoms with Gasteiger partial charge < -0.3 is 19.7 Å². The summed E-state index contributed by atoms with van der Waals surface area (Å²) in [6, 6.07) is 17.0. The van der Waals surface area contributed by atoms with Crippen molar-refractivity contribution in [3.8, 4) is 11.5 Å². The van der Waals surface area contributed by atoms with Gasteiger partial charge in [-0.1, -0.05) is 35.9 Å². The van der Waals surface area contributed by atoms with Crippen LogP contribution in [0, 0.1) is 6.92 Å². The van der Waals surface area contributed by atoms with Crippen LogP contribution < -0.4 is 14.8 Å². The lowest BCUT2D eigenvalue weighted by atomic mass is 10.1. The van der Waals surface area contributed by atoms with E-state index in [0.29, 0.717) is 30.3 Å². The molecule has 0 atom stereocenters. The van der Waals surface area contributed by atoms with Crippen LogP contribution in [0.4, 0.5) is 10.5 Å². The van der Waals surface area contributed by atoms with Crippen LogP contribution in [0.3, 0.4) is 0 Å². The molecule has 0 unspecified atom stereocenters. The smallest absolute Gasteiger partial charge is 0.322 e. The monoisotopic (exact) mass is 391 g/mol. The summed E-state index contributed by atoms with van der Waals surface area (Å²) in [5.41, 5.74) is 3.77. The van der Waals surface area contributed by atoms with Gasteiger partial charge in [-0.3, -0.25) is 4.98 Å². The Balaban J connectivity index is 1.82. The zero-order valence-electron chi connectivity index (χ0n) is 16.9. The van der Waals surface area contributed by atoms with Gasteiger partial charge in [0, 0.05) is 31.5 Å². The molecule has 3 aromatic rings. The molecule has 0 aliphatic carbocycles. The van der Waals surface area contributed by atoms with E-state index in [1.54, 1.807) is 49.7 Å². The molecular formula is C23H25N3O3. The zero-order chi connectivity index (χ0) is 20.6. The highest BCUT2D eigenvalue weighted by Crippen LogP contribution is 2.29. The second-order valence-electron chi connectivity index (χ2n) is 6.70. The van der Waals surface area contributed by atoms with Crippen LogP contribution in [0.5, 0.6) is 11.5 Å². The quantitative estimate of drug-likeness (QED) is 0.637. The number of hydrogen-bond acceptors (Lipinski definition) is 4. The van der Waals surface area contributed by atoms with Gasteiger partial charge in [0.15, 0.2) is 0 Å². The van der Waals surface area contributed by atoms with Crippen LogP contribution in [0.2, 0.25) is 0 Å². The van der Waals surface area contributed by atoms with Crippen LogP contribution in [0.1, 0.15) is 16.7 Å². The number of benzene rings is 2. The third-order valence-electron chi connectivity index (χ3n) is 4.53. The molecular weight excluding hydrogens is 366 g/mol. The van der Waals surface area contributed by atoms with Gasteiger partial charge in [-0.25, -0.2) is 4.79 Å². The van der Waals surface area contributed by atoms with Crippen molar-refractivity contribution < 1.29 is 14.3 Å². The highest BCUT2D eigenvalue weighted by molar-refractivity contribution is 5.91. The summed E-state index contributed by atoms with van der Waals surface area (Å²) in [4.78, 5) is 19.0. The Bertz CT molecular complexity index is 943. The van der Waals surface area contributed by atoms with Crippen molar-refractivity contribution in [2.45, 2.75) is 20.0 Å². The molecule has 150 valence electrons. The lowest BCUT2D eigenvalue weighted by Gasteiger charge is -2.24. The fraction of sp³-hybridized carbons (Fsp3) is 0.217. The van der Waals surface area contributed by atoms with Crippen molar-refractivity contribution in [2.24, 2.45) is 0 Å². The second-order valence-corrected chi connectivity index (χ2v) is 6.70. The lowest BCUT2D eigenvalue weighted by Crippen LogP contribution is -2.34. The van der Waals surface area contributed by atoms with Gasteiger partial charge in [-0.05, 0) is 36.2 Å². The molecule has 0 bridgehead atoms. The molecule has 0 aliphatic rings. The molecule has 1 N–H and O–H groups in total. The standard InChI is InChI=1S/C23H25N3O3/c1-17-6-8-18(9-7-17)15-26(16-19-5-4-12-24-14-19)23(27)25-21-11-10-20(28-2)13-22(21)29-3/h4-14H,15-16H2,1-3H3,(H,25,27). The first-order valence-corrected chi connectivity index (χ1v) is 9.31. The number of hydrogen-bond donors (Lipinski definition) is 1. The highest BCUT2D eigenvalue weighted by Gasteiger charge is 2.17. The number of amides is 2. The first-order valence-electron chi connectivity index (χ1n) is 9.31. The third-order valence-corrected chi connectivity index (χ3v) is 4.53. The number of carbonyl (C=O) groups is 1. The first kappa shape index (κ1) is 20.2. The molecule has 0 spiro atoms. The Hall–Kier alpha value is -3.54. The highest BCUT2D eigenvalue weighted by atomic mass is 16.5. The number of ether oxygens (including phenoxy) is 2. The predicted octanol–water partition coefficient (Wildman–Crippen LogP) is 4.64. The molecule has 3 rings (SSSR count). The van der Waals surface area contributed by atoms with Crippen molar-refractivity contribution in [1.82, 2.24) is 9.88 Å². The summed E-state index contributed by atoms with van der Waals surface area (Å²) in [6.45, 7) is 2.95. The van der Waals surface area contributed by atoms with Crippen molar-refractivity contribution in [2.75, 3.05) is 19.5 Å². The lowest BCUT2D eigenvalue weighted by molar-refractivity contribution is 0.206. The van der Waals surface area contributed by atoms with Crippen LogP contribution >= 0.6 is 0 Å². The normalized spacial score (nSPS) is 10.3. The Labute approximate surface area is 171 Å². The minimum atomic E-state index is -0.224. The maximum atomic E-state index is 13.1. The summed E-state index contributed by atoms with van der Waals surface area (Å²) in [7, 11) is 3.15. The maximum absolute atomic E-state index is 13.1. The Morgan fingerprint density at radius 2 is 1.76 bits per heavy atom. The number of carbonyl (C=O) groups excluding carboxylic acids is 1. The Kier molecular flexibility index (Phi) is 6.68. The van der Waals surface area contributed by atoms with Crippen molar-refractivity contribution >= 4 is 11.7 Å². The first-order chi connectivity index (χ1) is 14.1. The zero-order valence-corrected chi connectivity index (χ0v) is 16.9. The van der Waals surface area contributed by atoms with E-state index in [-0.39, 0.29) is 6.03 Å². The van der Waals surface area contributed by atoms with Crippen LogP contribution in [0.25, 0.3) is 0 Å². The topological polar surface area (TPSA) is 63.7 Å². The Morgan fingerprint density at radius 3 is 2.41 bits per heavy atom. The molecule has 2 amide bonds. The van der Waals surface area contributed by atoms with E-state index in [2.05, 4.69) is 10.3 Å². The van der Waals surface area contributed by atoms with E-state index in [9.17, 15) is 4.79 Å². The number of rotatable bonds is 7. The molecule has 6 heteroatoms. The van der Waals surface area contributed by atoms with Gasteiger partial charge in [0.2, 0.25) is 0 Å². The summed E-state index contributed by atoms with van der Waals surface area (Å²) in [6.07, 6.45) is 3.49. The number of urea groups is 1. The van der Waals surface area contributed by atoms with Crippen molar-refractivity contribution in [1.29, 1.82) is 0 Å². The summed E-state index contributed by atoms with van der Waals surface area (Å²) in [5, 5.41) is 2.95. The number of methoxy groups -OCH3 is 2. The number of pyridine rings is 1. The van der Waals surface area contributed by atoms with Gasteiger partial charge >= 0.3 is 6.03 Å². The van der Waals surface area contributed by atoms with Gasteiger partial charge in [0.1, 0.15) is 11.5 Å². The molecule has 0 aliphatic heterocycles. The van der Waals surface area contributed by atoms with E-state index in [4.69, 9.17) is 9.47 Å². The summed E-state index contributed by atoms with van der Waals surface area (Å²) < 4.78 is 10.6. The fourth-order valence-corrected chi connectivity index (χ4v) is 2.92. The molecule has 0 fully saturated rings. The number of aryl methyl sites for hydroxylation is 1. The number of nitrogens with zero attached hydrogens (tertiary/aromatic N) is 2. The van der Waals surface area contributed by atoms with Gasteiger partial charge in [0.25, 0.3) is 0 Å². The molecule has 29 heavy (non-hydrogen) atoms. The molecule has 1 aromatic heterocycles. The van der Waals surface area contributed by atoms with Crippen LogP contribution in [-0.2, 0) is 13.1 Å². The maximum Gasteiger partial charge on any atom is 0.322 e. The van der Waals surface area contributed by atoms with Crippen molar-refractivity contribution in [3.63, 3.8) is 0 Å². The van der Waals surface area contributed by atoms with Crippen LogP contribution in [0.15, 0.2) is 67.0 Å². The van der Waals surface area contributed by atoms with Gasteiger partial charge in [-0.2, -0.15) is 0 Å². The molecule has 2 aromatic carbocycles. The fourth-order valence-electron chi connectivity index (χ4n) is 2.92. The van der Waals surface area contributed by atoms with E-state index in [1.807, 2.05) is 43.3 Å². The minimum absolute atomic E-state index is 0.224. The van der Waals surface area contributed by atoms with E-state index in [1.165, 1.54) is 5.56 Å². The van der Waals surface area contributed by atoms with Gasteiger partial charge in [0.05, 0.1) is 19.9 Å². The second kappa shape index (κ2) is 9.59. The molecule has 0 radical (unpaired) electrons. The third kappa shape index (κ3) is 5.48. The van der Waals surface area contributed by atoms with E-state index >= 15 is 0 Å². The van der Waals surface area contributed by atoms with Crippen LogP contribution in [-0.4, -0.2) is 30.1 Å². The average Bonchev–Trinajstić information content (AvgIpc) is 2.75. The average molecular weight is 391 g/mol. The number of anilines is 1. The largest absolute Gasteiger partial charge is 0.497 e. The van der Waals surface area contributed by atoms with Crippen molar-refractivity contribution in [3.05, 3.63) is 83.7 Å². The summed E-state index contributed by atoms with van der Waals surface area (Å²) in [5.74, 6) is 1.20. The van der Waals surface area contributed by atoms with Gasteiger partial charge in [-0.15, -0.1) is 0 Å². The molecule has 6 nitrogen and oxygen atoms in total. The molecule has 0 saturated heterocycles.